The van der Waals surface area contributed by atoms with E-state index >= 15 is 0 Å². The Kier molecular flexibility index (Phi) is 4.32. The molecule has 2 aromatic rings. The number of hydrogen-bond acceptors (Lipinski definition) is 4. The molecular formula is C14H9BrFNO4. The topological polar surface area (TPSA) is 69.4 Å². The molecule has 0 heterocycles. The third kappa shape index (κ3) is 3.43. The first-order valence-electron chi connectivity index (χ1n) is 5.81. The molecule has 0 fully saturated rings. The number of nitro benzene ring substituents is 1. The summed E-state index contributed by atoms with van der Waals surface area (Å²) in [6, 6.07) is 7.63. The molecule has 0 spiro atoms. The number of Topliss-reactive ketones (excluding diaryl/α,β-unsaturated/α-hetero) is 1. The first-order valence-corrected chi connectivity index (χ1v) is 6.60. The monoisotopic (exact) mass is 353 g/mol. The molecule has 0 radical (unpaired) electrons. The summed E-state index contributed by atoms with van der Waals surface area (Å²) >= 11 is 3.11. The van der Waals surface area contributed by atoms with E-state index in [0.717, 1.165) is 6.07 Å². The van der Waals surface area contributed by atoms with E-state index in [4.69, 9.17) is 4.74 Å². The average molecular weight is 354 g/mol. The molecule has 0 aliphatic carbocycles. The molecule has 0 saturated carbocycles. The van der Waals surface area contributed by atoms with Crippen molar-refractivity contribution in [3.8, 4) is 11.5 Å². The molecule has 0 N–H and O–H groups in total. The Morgan fingerprint density at radius 1 is 1.24 bits per heavy atom. The standard InChI is InChI=1S/C14H9BrFNO4/c1-8(18)9-2-4-14(12(6-9)17(19)20)21-13-5-3-10(16)7-11(13)15/h2-7H,1H3. The number of nitrogens with zero attached hydrogens (tertiary/aromatic N) is 1. The fourth-order valence-corrected chi connectivity index (χ4v) is 2.07. The molecule has 21 heavy (non-hydrogen) atoms. The van der Waals surface area contributed by atoms with Crippen molar-refractivity contribution in [2.45, 2.75) is 6.92 Å². The lowest BCUT2D eigenvalue weighted by molar-refractivity contribution is -0.385. The van der Waals surface area contributed by atoms with Gasteiger partial charge in [-0.25, -0.2) is 4.39 Å². The fourth-order valence-electron chi connectivity index (χ4n) is 1.64. The van der Waals surface area contributed by atoms with Gasteiger partial charge in [-0.15, -0.1) is 0 Å². The van der Waals surface area contributed by atoms with Crippen molar-refractivity contribution in [2.75, 3.05) is 0 Å². The summed E-state index contributed by atoms with van der Waals surface area (Å²) in [6.07, 6.45) is 0. The van der Waals surface area contributed by atoms with E-state index in [2.05, 4.69) is 15.9 Å². The van der Waals surface area contributed by atoms with Crippen molar-refractivity contribution in [3.05, 3.63) is 62.4 Å². The van der Waals surface area contributed by atoms with Crippen LogP contribution in [-0.2, 0) is 0 Å². The van der Waals surface area contributed by atoms with Gasteiger partial charge < -0.3 is 4.74 Å². The molecule has 0 unspecified atom stereocenters. The van der Waals surface area contributed by atoms with Gasteiger partial charge in [0.25, 0.3) is 0 Å². The van der Waals surface area contributed by atoms with Crippen LogP contribution in [0.1, 0.15) is 17.3 Å². The molecule has 0 aromatic heterocycles. The zero-order valence-electron chi connectivity index (χ0n) is 10.8. The number of ketones is 1. The van der Waals surface area contributed by atoms with Crippen molar-refractivity contribution in [2.24, 2.45) is 0 Å². The van der Waals surface area contributed by atoms with Crippen molar-refractivity contribution in [1.82, 2.24) is 0 Å². The number of rotatable bonds is 4. The van der Waals surface area contributed by atoms with Gasteiger partial charge in [0.1, 0.15) is 11.6 Å². The van der Waals surface area contributed by atoms with Gasteiger partial charge in [0, 0.05) is 11.6 Å². The summed E-state index contributed by atoms with van der Waals surface area (Å²) in [5.41, 5.74) is -0.119. The van der Waals surface area contributed by atoms with Gasteiger partial charge in [-0.2, -0.15) is 0 Å². The molecule has 0 amide bonds. The van der Waals surface area contributed by atoms with E-state index < -0.39 is 10.7 Å². The smallest absolute Gasteiger partial charge is 0.312 e. The number of hydrogen-bond donors (Lipinski definition) is 0. The normalized spacial score (nSPS) is 10.2. The molecule has 108 valence electrons. The molecule has 0 atom stereocenters. The summed E-state index contributed by atoms with van der Waals surface area (Å²) in [6.45, 7) is 1.32. The number of halogens is 2. The Hall–Kier alpha value is -2.28. The van der Waals surface area contributed by atoms with Crippen LogP contribution in [0.2, 0.25) is 0 Å². The van der Waals surface area contributed by atoms with E-state index in [9.17, 15) is 19.3 Å². The van der Waals surface area contributed by atoms with Crippen LogP contribution in [0.5, 0.6) is 11.5 Å². The van der Waals surface area contributed by atoms with E-state index in [1.165, 1.54) is 37.3 Å². The van der Waals surface area contributed by atoms with Crippen LogP contribution in [0.3, 0.4) is 0 Å². The van der Waals surface area contributed by atoms with Crippen molar-refractivity contribution < 1.29 is 18.8 Å². The molecule has 0 saturated heterocycles. The molecule has 0 aliphatic heterocycles. The third-order valence-corrected chi connectivity index (χ3v) is 3.30. The minimum absolute atomic E-state index is 0.0303. The zero-order chi connectivity index (χ0) is 15.6. The molecule has 0 aliphatic rings. The maximum atomic E-state index is 13.0. The predicted octanol–water partition coefficient (Wildman–Crippen LogP) is 4.49. The Morgan fingerprint density at radius 2 is 1.90 bits per heavy atom. The van der Waals surface area contributed by atoms with E-state index in [0.29, 0.717) is 4.47 Å². The quantitative estimate of drug-likeness (QED) is 0.461. The summed E-state index contributed by atoms with van der Waals surface area (Å²) in [4.78, 5) is 21.7. The first kappa shape index (κ1) is 15.1. The van der Waals surface area contributed by atoms with E-state index in [1.807, 2.05) is 0 Å². The molecule has 7 heteroatoms. The van der Waals surface area contributed by atoms with E-state index in [1.54, 1.807) is 0 Å². The summed E-state index contributed by atoms with van der Waals surface area (Å²) in [7, 11) is 0. The van der Waals surface area contributed by atoms with Gasteiger partial charge in [0.2, 0.25) is 5.75 Å². The molecule has 5 nitrogen and oxygen atoms in total. The Labute approximate surface area is 127 Å². The molecule has 2 aromatic carbocycles. The van der Waals surface area contributed by atoms with Gasteiger partial charge in [-0.05, 0) is 53.2 Å². The fraction of sp³-hybridized carbons (Fsp3) is 0.0714. The Morgan fingerprint density at radius 3 is 2.48 bits per heavy atom. The average Bonchev–Trinajstić information content (AvgIpc) is 2.41. The number of carbonyl (C=O) groups is 1. The van der Waals surface area contributed by atoms with Crippen LogP contribution in [-0.4, -0.2) is 10.7 Å². The van der Waals surface area contributed by atoms with Crippen LogP contribution in [0.25, 0.3) is 0 Å². The van der Waals surface area contributed by atoms with Gasteiger partial charge in [0.15, 0.2) is 5.78 Å². The van der Waals surface area contributed by atoms with Crippen LogP contribution in [0.15, 0.2) is 40.9 Å². The first-order chi connectivity index (χ1) is 9.88. The van der Waals surface area contributed by atoms with Crippen LogP contribution < -0.4 is 4.74 Å². The SMILES string of the molecule is CC(=O)c1ccc(Oc2ccc(F)cc2Br)c([N+](=O)[O-])c1. The minimum atomic E-state index is -0.640. The molecule has 2 rings (SSSR count). The van der Waals surface area contributed by atoms with Gasteiger partial charge in [0.05, 0.1) is 9.40 Å². The number of carbonyl (C=O) groups excluding carboxylic acids is 1. The highest BCUT2D eigenvalue weighted by atomic mass is 79.9. The third-order valence-electron chi connectivity index (χ3n) is 2.68. The lowest BCUT2D eigenvalue weighted by atomic mass is 10.1. The largest absolute Gasteiger partial charge is 0.449 e. The Bertz CT molecular complexity index is 733. The maximum Gasteiger partial charge on any atom is 0.312 e. The highest BCUT2D eigenvalue weighted by Gasteiger charge is 2.19. The van der Waals surface area contributed by atoms with Crippen molar-refractivity contribution in [1.29, 1.82) is 0 Å². The summed E-state index contributed by atoms with van der Waals surface area (Å²) in [5, 5.41) is 11.1. The number of ether oxygens (including phenoxy) is 1. The second-order valence-electron chi connectivity index (χ2n) is 4.17. The minimum Gasteiger partial charge on any atom is -0.449 e. The van der Waals surface area contributed by atoms with E-state index in [-0.39, 0.29) is 28.5 Å². The zero-order valence-corrected chi connectivity index (χ0v) is 12.4. The lowest BCUT2D eigenvalue weighted by Crippen LogP contribution is -1.98. The van der Waals surface area contributed by atoms with Crippen LogP contribution >= 0.6 is 15.9 Å². The Balaban J connectivity index is 2.44. The van der Waals surface area contributed by atoms with Gasteiger partial charge in [-0.3, -0.25) is 14.9 Å². The summed E-state index contributed by atoms with van der Waals surface area (Å²) < 4.78 is 18.8. The highest BCUT2D eigenvalue weighted by Crippen LogP contribution is 2.35. The number of benzene rings is 2. The second-order valence-corrected chi connectivity index (χ2v) is 5.03. The number of nitro groups is 1. The highest BCUT2D eigenvalue weighted by molar-refractivity contribution is 9.10. The molecule has 0 bridgehead atoms. The van der Waals surface area contributed by atoms with Gasteiger partial charge in [-0.1, -0.05) is 0 Å². The summed E-state index contributed by atoms with van der Waals surface area (Å²) in [5.74, 6) is -0.546. The molecular weight excluding hydrogens is 345 g/mol. The van der Waals surface area contributed by atoms with Gasteiger partial charge >= 0.3 is 5.69 Å². The predicted molar refractivity (Wildman–Crippen MR) is 77.3 cm³/mol. The van der Waals surface area contributed by atoms with Crippen LogP contribution in [0.4, 0.5) is 10.1 Å². The van der Waals surface area contributed by atoms with Crippen molar-refractivity contribution in [3.63, 3.8) is 0 Å². The van der Waals surface area contributed by atoms with Crippen LogP contribution in [0, 0.1) is 15.9 Å². The van der Waals surface area contributed by atoms with Crippen molar-refractivity contribution >= 4 is 27.4 Å². The second kappa shape index (κ2) is 6.01. The maximum absolute atomic E-state index is 13.0. The lowest BCUT2D eigenvalue weighted by Gasteiger charge is -2.09.